The summed E-state index contributed by atoms with van der Waals surface area (Å²) < 4.78 is 16.9. The summed E-state index contributed by atoms with van der Waals surface area (Å²) in [6.45, 7) is 6.62. The summed E-state index contributed by atoms with van der Waals surface area (Å²) >= 11 is 0. The highest BCUT2D eigenvalue weighted by Gasteiger charge is 2.19. The van der Waals surface area contributed by atoms with Crippen molar-refractivity contribution in [2.24, 2.45) is 0 Å². The van der Waals surface area contributed by atoms with Gasteiger partial charge in [-0.15, -0.1) is 0 Å². The Bertz CT molecular complexity index is 1200. The average molecular weight is 968 g/mol. The van der Waals surface area contributed by atoms with Crippen molar-refractivity contribution in [2.75, 3.05) is 13.2 Å². The number of allylic oxidation sites excluding steroid dienone is 8. The summed E-state index contributed by atoms with van der Waals surface area (Å²) in [5.74, 6) is -0.907. The molecule has 0 saturated heterocycles. The molecule has 0 bridgehead atoms. The second-order valence-corrected chi connectivity index (χ2v) is 20.3. The molecule has 0 radical (unpaired) electrons. The highest BCUT2D eigenvalue weighted by atomic mass is 16.6. The molecule has 1 atom stereocenters. The molecule has 402 valence electrons. The van der Waals surface area contributed by atoms with Crippen LogP contribution in [0.3, 0.4) is 0 Å². The minimum Gasteiger partial charge on any atom is -0.462 e. The Morgan fingerprint density at radius 2 is 0.522 bits per heavy atom. The molecule has 69 heavy (non-hydrogen) atoms. The maximum atomic E-state index is 12.9. The van der Waals surface area contributed by atoms with Crippen LogP contribution >= 0.6 is 0 Å². The van der Waals surface area contributed by atoms with Gasteiger partial charge in [-0.3, -0.25) is 14.4 Å². The zero-order valence-corrected chi connectivity index (χ0v) is 46.1. The summed E-state index contributed by atoms with van der Waals surface area (Å²) in [6.07, 6.45) is 71.1. The van der Waals surface area contributed by atoms with Gasteiger partial charge in [-0.2, -0.15) is 0 Å². The second kappa shape index (κ2) is 57.9. The van der Waals surface area contributed by atoms with Crippen LogP contribution in [0.15, 0.2) is 48.6 Å². The molecule has 0 aliphatic heterocycles. The maximum absolute atomic E-state index is 12.9. The third-order valence-electron chi connectivity index (χ3n) is 13.3. The summed E-state index contributed by atoms with van der Waals surface area (Å²) in [5.41, 5.74) is 0. The molecule has 0 fully saturated rings. The van der Waals surface area contributed by atoms with E-state index in [0.717, 1.165) is 70.6 Å². The summed E-state index contributed by atoms with van der Waals surface area (Å²) in [4.78, 5) is 38.2. The Morgan fingerprint density at radius 1 is 0.290 bits per heavy atom. The van der Waals surface area contributed by atoms with E-state index >= 15 is 0 Å². The van der Waals surface area contributed by atoms with Gasteiger partial charge >= 0.3 is 17.9 Å². The highest BCUT2D eigenvalue weighted by Crippen LogP contribution is 2.17. The Kier molecular flexibility index (Phi) is 55.7. The van der Waals surface area contributed by atoms with Gasteiger partial charge < -0.3 is 14.2 Å². The van der Waals surface area contributed by atoms with E-state index < -0.39 is 6.10 Å². The normalized spacial score (nSPS) is 12.3. The first-order chi connectivity index (χ1) is 34.0. The van der Waals surface area contributed by atoms with E-state index in [9.17, 15) is 14.4 Å². The lowest BCUT2D eigenvalue weighted by molar-refractivity contribution is -0.167. The molecule has 0 aliphatic rings. The first kappa shape index (κ1) is 66.4. The molecule has 0 saturated carbocycles. The molecule has 6 heteroatoms. The van der Waals surface area contributed by atoms with Crippen LogP contribution in [-0.4, -0.2) is 37.2 Å². The van der Waals surface area contributed by atoms with E-state index in [1.54, 1.807) is 0 Å². The number of carbonyl (C=O) groups is 3. The molecule has 0 spiro atoms. The number of esters is 3. The second-order valence-electron chi connectivity index (χ2n) is 20.3. The first-order valence-corrected chi connectivity index (χ1v) is 30.1. The molecule has 0 aromatic rings. The fourth-order valence-corrected chi connectivity index (χ4v) is 8.74. The number of carbonyl (C=O) groups excluding carboxylic acids is 3. The van der Waals surface area contributed by atoms with Crippen molar-refractivity contribution in [3.63, 3.8) is 0 Å². The Hall–Kier alpha value is -2.63. The summed E-state index contributed by atoms with van der Waals surface area (Å²) in [6, 6.07) is 0. The van der Waals surface area contributed by atoms with E-state index in [1.807, 2.05) is 0 Å². The largest absolute Gasteiger partial charge is 0.462 e. The molecular weight excluding hydrogens is 853 g/mol. The average Bonchev–Trinajstić information content (AvgIpc) is 3.35. The fraction of sp³-hybridized carbons (Fsp3) is 0.825. The summed E-state index contributed by atoms with van der Waals surface area (Å²) in [5, 5.41) is 0. The fourth-order valence-electron chi connectivity index (χ4n) is 8.74. The molecule has 0 unspecified atom stereocenters. The monoisotopic (exact) mass is 967 g/mol. The lowest BCUT2D eigenvalue weighted by Gasteiger charge is -2.18. The third-order valence-corrected chi connectivity index (χ3v) is 13.3. The van der Waals surface area contributed by atoms with Gasteiger partial charge in [-0.05, 0) is 83.5 Å². The van der Waals surface area contributed by atoms with E-state index in [4.69, 9.17) is 14.2 Å². The molecule has 0 amide bonds. The van der Waals surface area contributed by atoms with E-state index in [0.29, 0.717) is 19.3 Å². The first-order valence-electron chi connectivity index (χ1n) is 30.1. The van der Waals surface area contributed by atoms with Crippen molar-refractivity contribution < 1.29 is 28.6 Å². The third kappa shape index (κ3) is 56.2. The molecule has 0 aromatic carbocycles. The summed E-state index contributed by atoms with van der Waals surface area (Å²) in [7, 11) is 0. The highest BCUT2D eigenvalue weighted by molar-refractivity contribution is 5.71. The molecule has 0 heterocycles. The van der Waals surface area contributed by atoms with E-state index in [2.05, 4.69) is 69.4 Å². The number of rotatable bonds is 55. The van der Waals surface area contributed by atoms with Gasteiger partial charge in [-0.1, -0.05) is 262 Å². The zero-order valence-electron chi connectivity index (χ0n) is 46.1. The van der Waals surface area contributed by atoms with Crippen molar-refractivity contribution in [1.29, 1.82) is 0 Å². The van der Waals surface area contributed by atoms with Crippen LogP contribution in [0.1, 0.15) is 316 Å². The Morgan fingerprint density at radius 3 is 0.884 bits per heavy atom. The van der Waals surface area contributed by atoms with Crippen LogP contribution in [0.25, 0.3) is 0 Å². The van der Waals surface area contributed by atoms with Crippen molar-refractivity contribution in [3.8, 4) is 0 Å². The van der Waals surface area contributed by atoms with Crippen LogP contribution in [0.5, 0.6) is 0 Å². The molecule has 0 aliphatic carbocycles. The molecule has 0 N–H and O–H groups in total. The lowest BCUT2D eigenvalue weighted by atomic mass is 10.0. The predicted octanol–water partition coefficient (Wildman–Crippen LogP) is 20.2. The Labute approximate surface area is 428 Å². The minimum atomic E-state index is -0.788. The quantitative estimate of drug-likeness (QED) is 0.0262. The smallest absolute Gasteiger partial charge is 0.306 e. The van der Waals surface area contributed by atoms with Gasteiger partial charge in [0, 0.05) is 19.3 Å². The predicted molar refractivity (Wildman–Crippen MR) is 298 cm³/mol. The molecule has 6 nitrogen and oxygen atoms in total. The standard InChI is InChI=1S/C63H114O6/c1-4-7-10-13-16-19-22-25-28-30-31-33-36-39-42-45-48-51-54-57-63(66)69-60(58-67-61(64)55-52-49-46-43-40-37-34-27-24-21-18-15-12-9-6-3)59-68-62(65)56-53-50-47-44-41-38-35-32-29-26-23-20-17-14-11-8-5-2/h18,21,25,27-28,34,40,43,60H,4-17,19-20,22-24,26,29-33,35-39,41-42,44-59H2,1-3H3/b21-18-,28-25-,34-27-,43-40-/t60-/m1/s1. The van der Waals surface area contributed by atoms with Crippen molar-refractivity contribution in [3.05, 3.63) is 48.6 Å². The number of unbranched alkanes of at least 4 members (excludes halogenated alkanes) is 36. The number of ether oxygens (including phenoxy) is 3. The molecular formula is C63H114O6. The minimum absolute atomic E-state index is 0.0826. The van der Waals surface area contributed by atoms with Crippen LogP contribution < -0.4 is 0 Å². The molecule has 0 rings (SSSR count). The van der Waals surface area contributed by atoms with Crippen molar-refractivity contribution in [1.82, 2.24) is 0 Å². The van der Waals surface area contributed by atoms with Crippen LogP contribution in [0, 0.1) is 0 Å². The van der Waals surface area contributed by atoms with Crippen LogP contribution in [0.2, 0.25) is 0 Å². The van der Waals surface area contributed by atoms with Crippen molar-refractivity contribution in [2.45, 2.75) is 322 Å². The van der Waals surface area contributed by atoms with Gasteiger partial charge in [0.25, 0.3) is 0 Å². The number of hydrogen-bond acceptors (Lipinski definition) is 6. The maximum Gasteiger partial charge on any atom is 0.306 e. The zero-order chi connectivity index (χ0) is 50.0. The van der Waals surface area contributed by atoms with Gasteiger partial charge in [0.1, 0.15) is 13.2 Å². The number of hydrogen-bond donors (Lipinski definition) is 0. The van der Waals surface area contributed by atoms with E-state index in [-0.39, 0.29) is 31.1 Å². The van der Waals surface area contributed by atoms with Gasteiger partial charge in [0.05, 0.1) is 0 Å². The lowest BCUT2D eigenvalue weighted by Crippen LogP contribution is -2.30. The van der Waals surface area contributed by atoms with E-state index in [1.165, 1.54) is 205 Å². The van der Waals surface area contributed by atoms with Crippen LogP contribution in [0.4, 0.5) is 0 Å². The SMILES string of the molecule is CCCCC/C=C\C/C=C\C/C=C\CCCCC(=O)OC[C@H](COC(=O)CCCCCCCCCCCCCCCCCCC)OC(=O)CCCCCCCCCCC/C=C\CCCCCCCC. The van der Waals surface area contributed by atoms with Gasteiger partial charge in [0.2, 0.25) is 0 Å². The van der Waals surface area contributed by atoms with Crippen molar-refractivity contribution >= 4 is 17.9 Å². The topological polar surface area (TPSA) is 78.9 Å². The van der Waals surface area contributed by atoms with Gasteiger partial charge in [-0.25, -0.2) is 0 Å². The van der Waals surface area contributed by atoms with Gasteiger partial charge in [0.15, 0.2) is 6.10 Å². The molecule has 0 aromatic heterocycles. The Balaban J connectivity index is 4.38. The van der Waals surface area contributed by atoms with Crippen LogP contribution in [-0.2, 0) is 28.6 Å².